The first-order valence-electron chi connectivity index (χ1n) is 8.41. The topological polar surface area (TPSA) is 60.8 Å². The van der Waals surface area contributed by atoms with Crippen LogP contribution < -0.4 is 15.0 Å². The van der Waals surface area contributed by atoms with Gasteiger partial charge in [0.2, 0.25) is 5.91 Å². The largest absolute Gasteiger partial charge is 0.493 e. The minimum atomic E-state index is -0.191. The van der Waals surface area contributed by atoms with Gasteiger partial charge in [-0.05, 0) is 52.5 Å². The minimum absolute atomic E-state index is 0.0230. The molecular formula is C19H21BrN2O4. The standard InChI is InChI=1S/C19H21BrN2O4/c1-25-16-7-5-13(10-17(16)26-2)15-4-3-9-22(15)19(24)12-21-11-14(20)6-8-18(21)23/h5-8,10-11,15H,3-4,9,12H2,1-2H3. The summed E-state index contributed by atoms with van der Waals surface area (Å²) in [6.45, 7) is 0.711. The van der Waals surface area contributed by atoms with Crippen molar-refractivity contribution in [1.82, 2.24) is 9.47 Å². The number of likely N-dealkylation sites (tertiary alicyclic amines) is 1. The van der Waals surface area contributed by atoms with Gasteiger partial charge in [-0.1, -0.05) is 6.07 Å². The Kier molecular flexibility index (Phi) is 5.66. The quantitative estimate of drug-likeness (QED) is 0.745. The number of pyridine rings is 1. The summed E-state index contributed by atoms with van der Waals surface area (Å²) in [5.74, 6) is 1.24. The van der Waals surface area contributed by atoms with E-state index in [-0.39, 0.29) is 24.1 Å². The van der Waals surface area contributed by atoms with Crippen LogP contribution in [-0.4, -0.2) is 36.1 Å². The molecule has 0 N–H and O–H groups in total. The van der Waals surface area contributed by atoms with Gasteiger partial charge in [0.1, 0.15) is 6.54 Å². The normalized spacial score (nSPS) is 16.6. The highest BCUT2D eigenvalue weighted by Crippen LogP contribution is 2.37. The maximum absolute atomic E-state index is 12.8. The maximum Gasteiger partial charge on any atom is 0.251 e. The lowest BCUT2D eigenvalue weighted by molar-refractivity contribution is -0.132. The molecule has 7 heteroatoms. The van der Waals surface area contributed by atoms with Crippen molar-refractivity contribution in [3.63, 3.8) is 0 Å². The molecule has 1 saturated heterocycles. The molecule has 0 aliphatic carbocycles. The van der Waals surface area contributed by atoms with Crippen molar-refractivity contribution in [3.05, 3.63) is 56.9 Å². The van der Waals surface area contributed by atoms with E-state index in [1.807, 2.05) is 23.1 Å². The van der Waals surface area contributed by atoms with Gasteiger partial charge in [0, 0.05) is 23.3 Å². The molecule has 1 aliphatic rings. The average Bonchev–Trinajstić information content (AvgIpc) is 3.14. The monoisotopic (exact) mass is 420 g/mol. The van der Waals surface area contributed by atoms with Gasteiger partial charge in [0.05, 0.1) is 20.3 Å². The van der Waals surface area contributed by atoms with Crippen molar-refractivity contribution >= 4 is 21.8 Å². The molecule has 0 bridgehead atoms. The Morgan fingerprint density at radius 1 is 1.19 bits per heavy atom. The van der Waals surface area contributed by atoms with Crippen molar-refractivity contribution in [1.29, 1.82) is 0 Å². The third-order valence-corrected chi connectivity index (χ3v) is 5.09. The van der Waals surface area contributed by atoms with Crippen LogP contribution in [0.5, 0.6) is 11.5 Å². The summed E-state index contributed by atoms with van der Waals surface area (Å²) < 4.78 is 12.9. The first kappa shape index (κ1) is 18.5. The van der Waals surface area contributed by atoms with Crippen LogP contribution in [-0.2, 0) is 11.3 Å². The second kappa shape index (κ2) is 7.95. The van der Waals surface area contributed by atoms with Crippen LogP contribution in [0.3, 0.4) is 0 Å². The van der Waals surface area contributed by atoms with Crippen LogP contribution in [0, 0.1) is 0 Å². The Labute approximate surface area is 160 Å². The van der Waals surface area contributed by atoms with Gasteiger partial charge in [-0.25, -0.2) is 0 Å². The van der Waals surface area contributed by atoms with Crippen LogP contribution in [0.25, 0.3) is 0 Å². The van der Waals surface area contributed by atoms with Gasteiger partial charge in [-0.2, -0.15) is 0 Å². The van der Waals surface area contributed by atoms with Gasteiger partial charge in [0.15, 0.2) is 11.5 Å². The molecule has 1 aromatic carbocycles. The van der Waals surface area contributed by atoms with Crippen molar-refractivity contribution in [2.45, 2.75) is 25.4 Å². The Morgan fingerprint density at radius 2 is 1.96 bits per heavy atom. The number of carbonyl (C=O) groups is 1. The molecule has 1 atom stereocenters. The van der Waals surface area contributed by atoms with Gasteiger partial charge in [0.25, 0.3) is 5.56 Å². The van der Waals surface area contributed by atoms with Crippen LogP contribution in [0.2, 0.25) is 0 Å². The number of ether oxygens (including phenoxy) is 2. The Bertz CT molecular complexity index is 865. The zero-order valence-corrected chi connectivity index (χ0v) is 16.4. The van der Waals surface area contributed by atoms with Crippen molar-refractivity contribution in [3.8, 4) is 11.5 Å². The number of hydrogen-bond acceptors (Lipinski definition) is 4. The summed E-state index contributed by atoms with van der Waals surface area (Å²) in [7, 11) is 3.19. The van der Waals surface area contributed by atoms with E-state index in [1.165, 1.54) is 10.6 Å². The number of hydrogen-bond donors (Lipinski definition) is 0. The van der Waals surface area contributed by atoms with E-state index in [0.29, 0.717) is 18.0 Å². The highest BCUT2D eigenvalue weighted by Gasteiger charge is 2.30. The molecule has 0 spiro atoms. The Balaban J connectivity index is 1.82. The molecule has 1 fully saturated rings. The molecular weight excluding hydrogens is 400 g/mol. The molecule has 1 aromatic heterocycles. The lowest BCUT2D eigenvalue weighted by Gasteiger charge is -2.26. The van der Waals surface area contributed by atoms with Crippen molar-refractivity contribution < 1.29 is 14.3 Å². The number of rotatable bonds is 5. The van der Waals surface area contributed by atoms with Crippen LogP contribution in [0.15, 0.2) is 45.8 Å². The van der Waals surface area contributed by atoms with Crippen molar-refractivity contribution in [2.24, 2.45) is 0 Å². The summed E-state index contributed by atoms with van der Waals surface area (Å²) in [6.07, 6.45) is 3.45. The predicted molar refractivity (Wildman–Crippen MR) is 102 cm³/mol. The molecule has 1 aliphatic heterocycles. The fourth-order valence-corrected chi connectivity index (χ4v) is 3.71. The second-order valence-corrected chi connectivity index (χ2v) is 7.09. The average molecular weight is 421 g/mol. The molecule has 138 valence electrons. The molecule has 1 unspecified atom stereocenters. The number of benzene rings is 1. The fraction of sp³-hybridized carbons (Fsp3) is 0.368. The molecule has 3 rings (SSSR count). The second-order valence-electron chi connectivity index (χ2n) is 6.17. The first-order chi connectivity index (χ1) is 12.5. The summed E-state index contributed by atoms with van der Waals surface area (Å²) in [5, 5.41) is 0. The molecule has 26 heavy (non-hydrogen) atoms. The first-order valence-corrected chi connectivity index (χ1v) is 9.20. The van der Waals surface area contributed by atoms with Crippen LogP contribution >= 0.6 is 15.9 Å². The number of methoxy groups -OCH3 is 2. The molecule has 2 heterocycles. The van der Waals surface area contributed by atoms with Gasteiger partial charge in [-0.3, -0.25) is 9.59 Å². The zero-order valence-electron chi connectivity index (χ0n) is 14.8. The maximum atomic E-state index is 12.8. The number of carbonyl (C=O) groups excluding carboxylic acids is 1. The van der Waals surface area contributed by atoms with Crippen LogP contribution in [0.4, 0.5) is 0 Å². The molecule has 6 nitrogen and oxygen atoms in total. The molecule has 2 aromatic rings. The number of aromatic nitrogens is 1. The lowest BCUT2D eigenvalue weighted by atomic mass is 10.0. The summed E-state index contributed by atoms with van der Waals surface area (Å²) in [6, 6.07) is 8.83. The highest BCUT2D eigenvalue weighted by atomic mass is 79.9. The summed E-state index contributed by atoms with van der Waals surface area (Å²) in [4.78, 5) is 26.6. The van der Waals surface area contributed by atoms with E-state index in [2.05, 4.69) is 15.9 Å². The lowest BCUT2D eigenvalue weighted by Crippen LogP contribution is -2.35. The van der Waals surface area contributed by atoms with E-state index >= 15 is 0 Å². The summed E-state index contributed by atoms with van der Waals surface area (Å²) in [5.41, 5.74) is 0.818. The fourth-order valence-electron chi connectivity index (χ4n) is 3.33. The number of nitrogens with zero attached hydrogens (tertiary/aromatic N) is 2. The van der Waals surface area contributed by atoms with E-state index in [1.54, 1.807) is 26.5 Å². The SMILES string of the molecule is COc1ccc(C2CCCN2C(=O)Cn2cc(Br)ccc2=O)cc1OC. The van der Waals surface area contributed by atoms with E-state index in [9.17, 15) is 9.59 Å². The predicted octanol–water partition coefficient (Wildman–Crippen LogP) is 2.99. The molecule has 1 amide bonds. The van der Waals surface area contributed by atoms with Gasteiger partial charge < -0.3 is 18.9 Å². The molecule has 0 radical (unpaired) electrons. The van der Waals surface area contributed by atoms with Crippen LogP contribution in [0.1, 0.15) is 24.4 Å². The molecule has 0 saturated carbocycles. The zero-order chi connectivity index (χ0) is 18.7. The van der Waals surface area contributed by atoms with Gasteiger partial charge in [-0.15, -0.1) is 0 Å². The van der Waals surface area contributed by atoms with E-state index in [0.717, 1.165) is 22.9 Å². The van der Waals surface area contributed by atoms with E-state index < -0.39 is 0 Å². The summed E-state index contributed by atoms with van der Waals surface area (Å²) >= 11 is 3.34. The van der Waals surface area contributed by atoms with Crippen molar-refractivity contribution in [2.75, 3.05) is 20.8 Å². The minimum Gasteiger partial charge on any atom is -0.493 e. The Morgan fingerprint density at radius 3 is 2.69 bits per heavy atom. The Hall–Kier alpha value is -2.28. The van der Waals surface area contributed by atoms with E-state index in [4.69, 9.17) is 9.47 Å². The highest BCUT2D eigenvalue weighted by molar-refractivity contribution is 9.10. The third kappa shape index (κ3) is 3.77. The smallest absolute Gasteiger partial charge is 0.251 e. The number of amides is 1. The third-order valence-electron chi connectivity index (χ3n) is 4.62. The number of halogens is 1. The van der Waals surface area contributed by atoms with Gasteiger partial charge >= 0.3 is 0 Å².